The predicted molar refractivity (Wildman–Crippen MR) is 80.8 cm³/mol. The molecule has 0 saturated heterocycles. The van der Waals surface area contributed by atoms with E-state index >= 15 is 0 Å². The van der Waals surface area contributed by atoms with Gasteiger partial charge in [0.1, 0.15) is 0 Å². The van der Waals surface area contributed by atoms with Crippen LogP contribution >= 0.6 is 11.3 Å². The number of thiophene rings is 1. The molecule has 4 N–H and O–H groups in total. The molecule has 0 aromatic carbocycles. The number of hydrogen-bond acceptors (Lipinski definition) is 6. The van der Waals surface area contributed by atoms with Gasteiger partial charge in [-0.15, -0.1) is 11.3 Å². The highest BCUT2D eigenvalue weighted by atomic mass is 32.2. The number of nitrogens with two attached hydrogens (primary N) is 1. The van der Waals surface area contributed by atoms with Crippen LogP contribution in [0.3, 0.4) is 0 Å². The van der Waals surface area contributed by atoms with Crippen LogP contribution in [0.15, 0.2) is 11.4 Å². The lowest BCUT2D eigenvalue weighted by Gasteiger charge is -2.10. The quantitative estimate of drug-likeness (QED) is 0.682. The van der Waals surface area contributed by atoms with Gasteiger partial charge in [0.25, 0.3) is 0 Å². The number of amides is 1. The lowest BCUT2D eigenvalue weighted by atomic mass is 10.2. The lowest BCUT2D eigenvalue weighted by Crippen LogP contribution is -2.40. The van der Waals surface area contributed by atoms with Crippen molar-refractivity contribution in [1.29, 1.82) is 0 Å². The zero-order chi connectivity index (χ0) is 15.9. The number of carbonyl (C=O) groups excluding carboxylic acids is 1. The summed E-state index contributed by atoms with van der Waals surface area (Å²) >= 11 is 1.36. The Morgan fingerprint density at radius 2 is 2.24 bits per heavy atom. The van der Waals surface area contributed by atoms with Gasteiger partial charge < -0.3 is 10.5 Å². The summed E-state index contributed by atoms with van der Waals surface area (Å²) < 4.78 is 32.0. The molecule has 0 radical (unpaired) electrons. The van der Waals surface area contributed by atoms with Crippen molar-refractivity contribution >= 4 is 27.6 Å². The van der Waals surface area contributed by atoms with Crippen LogP contribution in [0.1, 0.15) is 24.3 Å². The highest BCUT2D eigenvalue weighted by Gasteiger charge is 2.16. The zero-order valence-electron chi connectivity index (χ0n) is 11.7. The molecule has 0 atom stereocenters. The van der Waals surface area contributed by atoms with Gasteiger partial charge in [-0.25, -0.2) is 9.52 Å². The lowest BCUT2D eigenvalue weighted by molar-refractivity contribution is 0.121. The largest absolute Gasteiger partial charge is 0.446 e. The molecular formula is C12H17N3O4S2. The Morgan fingerprint density at radius 3 is 2.86 bits per heavy atom. The Labute approximate surface area is 128 Å². The van der Waals surface area contributed by atoms with Crippen LogP contribution in [0.4, 0.5) is 4.79 Å². The molecule has 0 aliphatic carbocycles. The van der Waals surface area contributed by atoms with Gasteiger partial charge in [-0.2, -0.15) is 13.1 Å². The molecule has 0 saturated carbocycles. The van der Waals surface area contributed by atoms with Crippen LogP contribution < -0.4 is 15.2 Å². The summed E-state index contributed by atoms with van der Waals surface area (Å²) in [7, 11) is -3.98. The second-order valence-electron chi connectivity index (χ2n) is 4.14. The Hall–Kier alpha value is -1.60. The molecule has 1 heterocycles. The Balaban J connectivity index is 2.62. The van der Waals surface area contributed by atoms with E-state index < -0.39 is 22.4 Å². The minimum absolute atomic E-state index is 0.0243. The van der Waals surface area contributed by atoms with Crippen molar-refractivity contribution in [2.75, 3.05) is 6.54 Å². The third-order valence-electron chi connectivity index (χ3n) is 2.05. The smallest absolute Gasteiger partial charge is 0.422 e. The van der Waals surface area contributed by atoms with Gasteiger partial charge in [-0.3, -0.25) is 0 Å². The van der Waals surface area contributed by atoms with Gasteiger partial charge in [0, 0.05) is 17.0 Å². The third kappa shape index (κ3) is 6.59. The van der Waals surface area contributed by atoms with Crippen LogP contribution in [0.5, 0.6) is 0 Å². The maximum absolute atomic E-state index is 11.7. The van der Waals surface area contributed by atoms with Crippen LogP contribution in [-0.2, 0) is 21.5 Å². The summed E-state index contributed by atoms with van der Waals surface area (Å²) in [6, 6.07) is 1.78. The standard InChI is InChI=1S/C12H17N3O4S2/c1-9(2)19-12(16)15-21(17,18)14-8-11-10(4-3-6-13)5-7-20-11/h5,7,9,14H,6,8,13H2,1-2H3,(H,15,16). The van der Waals surface area contributed by atoms with E-state index in [1.54, 1.807) is 30.0 Å². The summed E-state index contributed by atoms with van der Waals surface area (Å²) in [6.45, 7) is 3.49. The third-order valence-corrected chi connectivity index (χ3v) is 3.93. The van der Waals surface area contributed by atoms with Gasteiger partial charge in [-0.1, -0.05) is 11.8 Å². The van der Waals surface area contributed by atoms with Crippen LogP contribution in [-0.4, -0.2) is 27.2 Å². The highest BCUT2D eigenvalue weighted by Crippen LogP contribution is 2.15. The first-order chi connectivity index (χ1) is 9.84. The van der Waals surface area contributed by atoms with Crippen molar-refractivity contribution in [3.8, 4) is 11.8 Å². The molecule has 1 amide bonds. The summed E-state index contributed by atoms with van der Waals surface area (Å²) in [4.78, 5) is 12.0. The number of nitrogens with one attached hydrogen (secondary N) is 2. The maximum Gasteiger partial charge on any atom is 0.422 e. The molecule has 0 spiro atoms. The number of ether oxygens (including phenoxy) is 1. The molecular weight excluding hydrogens is 314 g/mol. The molecule has 0 unspecified atom stereocenters. The first-order valence-corrected chi connectivity index (χ1v) is 8.43. The van der Waals surface area contributed by atoms with Crippen molar-refractivity contribution in [1.82, 2.24) is 9.44 Å². The maximum atomic E-state index is 11.7. The molecule has 0 fully saturated rings. The first-order valence-electron chi connectivity index (χ1n) is 6.07. The molecule has 9 heteroatoms. The molecule has 0 aliphatic heterocycles. The topological polar surface area (TPSA) is 111 Å². The summed E-state index contributed by atoms with van der Waals surface area (Å²) in [5, 5.41) is 1.80. The Morgan fingerprint density at radius 1 is 1.52 bits per heavy atom. The normalized spacial score (nSPS) is 10.9. The molecule has 0 bridgehead atoms. The molecule has 21 heavy (non-hydrogen) atoms. The van der Waals surface area contributed by atoms with E-state index in [1.807, 2.05) is 0 Å². The van der Waals surface area contributed by atoms with E-state index in [0.29, 0.717) is 5.56 Å². The van der Waals surface area contributed by atoms with E-state index in [4.69, 9.17) is 10.5 Å². The van der Waals surface area contributed by atoms with E-state index in [9.17, 15) is 13.2 Å². The van der Waals surface area contributed by atoms with Crippen LogP contribution in [0.2, 0.25) is 0 Å². The molecule has 0 aliphatic rings. The monoisotopic (exact) mass is 331 g/mol. The molecule has 1 aromatic rings. The van der Waals surface area contributed by atoms with E-state index in [0.717, 1.165) is 4.88 Å². The van der Waals surface area contributed by atoms with Gasteiger partial charge in [0.15, 0.2) is 0 Å². The SMILES string of the molecule is CC(C)OC(=O)NS(=O)(=O)NCc1sccc1C#CCN. The highest BCUT2D eigenvalue weighted by molar-refractivity contribution is 7.88. The zero-order valence-corrected chi connectivity index (χ0v) is 13.3. The van der Waals surface area contributed by atoms with Crippen molar-refractivity contribution in [2.24, 2.45) is 5.73 Å². The first kappa shape index (κ1) is 17.5. The second kappa shape index (κ2) is 7.99. The Bertz CT molecular complexity index is 641. The van der Waals surface area contributed by atoms with Crippen molar-refractivity contribution in [3.05, 3.63) is 21.9 Å². The fourth-order valence-electron chi connectivity index (χ4n) is 1.28. The van der Waals surface area contributed by atoms with Crippen molar-refractivity contribution in [2.45, 2.75) is 26.5 Å². The average Bonchev–Trinajstić information content (AvgIpc) is 2.79. The van der Waals surface area contributed by atoms with Crippen LogP contribution in [0.25, 0.3) is 0 Å². The predicted octanol–water partition coefficient (Wildman–Crippen LogP) is 0.527. The Kier molecular flexibility index (Phi) is 6.64. The summed E-state index contributed by atoms with van der Waals surface area (Å²) in [5.74, 6) is 5.54. The fourth-order valence-corrected chi connectivity index (χ4v) is 2.81. The second-order valence-corrected chi connectivity index (χ2v) is 6.64. The molecule has 116 valence electrons. The van der Waals surface area contributed by atoms with Gasteiger partial charge in [0.05, 0.1) is 12.6 Å². The van der Waals surface area contributed by atoms with Gasteiger partial charge in [0.2, 0.25) is 0 Å². The van der Waals surface area contributed by atoms with E-state index in [2.05, 4.69) is 16.6 Å². The van der Waals surface area contributed by atoms with Gasteiger partial charge >= 0.3 is 16.3 Å². The van der Waals surface area contributed by atoms with Gasteiger partial charge in [-0.05, 0) is 25.3 Å². The summed E-state index contributed by atoms with van der Waals surface area (Å²) in [5.41, 5.74) is 6.00. The molecule has 1 aromatic heterocycles. The van der Waals surface area contributed by atoms with E-state index in [1.165, 1.54) is 11.3 Å². The van der Waals surface area contributed by atoms with Crippen molar-refractivity contribution < 1.29 is 17.9 Å². The molecule has 7 nitrogen and oxygen atoms in total. The average molecular weight is 331 g/mol. The minimum atomic E-state index is -3.98. The fraction of sp³-hybridized carbons (Fsp3) is 0.417. The number of carbonyl (C=O) groups is 1. The van der Waals surface area contributed by atoms with E-state index in [-0.39, 0.29) is 13.1 Å². The number of rotatable bonds is 5. The number of hydrogen-bond donors (Lipinski definition) is 3. The van der Waals surface area contributed by atoms with Crippen LogP contribution in [0, 0.1) is 11.8 Å². The minimum Gasteiger partial charge on any atom is -0.446 e. The summed E-state index contributed by atoms with van der Waals surface area (Å²) in [6.07, 6.45) is -1.43. The van der Waals surface area contributed by atoms with Crippen molar-refractivity contribution in [3.63, 3.8) is 0 Å². The molecule has 1 rings (SSSR count).